The van der Waals surface area contributed by atoms with E-state index in [9.17, 15) is 9.90 Å². The molecule has 0 spiro atoms. The van der Waals surface area contributed by atoms with Crippen LogP contribution in [0.5, 0.6) is 5.75 Å². The zero-order chi connectivity index (χ0) is 17.6. The molecule has 1 aliphatic heterocycles. The Morgan fingerprint density at radius 3 is 2.84 bits per heavy atom. The monoisotopic (exact) mass is 346 g/mol. The van der Waals surface area contributed by atoms with Gasteiger partial charge in [-0.3, -0.25) is 4.79 Å². The third-order valence-corrected chi connectivity index (χ3v) is 3.94. The molecule has 2 N–H and O–H groups in total. The van der Waals surface area contributed by atoms with Crippen molar-refractivity contribution in [2.45, 2.75) is 32.5 Å². The number of carbonyl (C=O) groups is 1. The van der Waals surface area contributed by atoms with Crippen LogP contribution in [0.3, 0.4) is 0 Å². The lowest BCUT2D eigenvalue weighted by molar-refractivity contribution is 0.0851. The molecule has 1 saturated heterocycles. The van der Waals surface area contributed by atoms with E-state index in [4.69, 9.17) is 9.47 Å². The molecule has 1 aliphatic rings. The van der Waals surface area contributed by atoms with Crippen molar-refractivity contribution in [2.24, 2.45) is 0 Å². The molecule has 3 rings (SSSR count). The largest absolute Gasteiger partial charge is 0.494 e. The number of rotatable bonds is 7. The maximum absolute atomic E-state index is 12.4. The molecule has 25 heavy (non-hydrogen) atoms. The van der Waals surface area contributed by atoms with Gasteiger partial charge in [-0.25, -0.2) is 0 Å². The fourth-order valence-electron chi connectivity index (χ4n) is 2.67. The second-order valence-electron chi connectivity index (χ2n) is 5.71. The van der Waals surface area contributed by atoms with Crippen molar-refractivity contribution in [1.82, 2.24) is 20.3 Å². The average molecular weight is 346 g/mol. The summed E-state index contributed by atoms with van der Waals surface area (Å²) in [6.07, 6.45) is 1.99. The predicted molar refractivity (Wildman–Crippen MR) is 89.8 cm³/mol. The molecule has 0 saturated carbocycles. The van der Waals surface area contributed by atoms with Crippen LogP contribution in [0.1, 0.15) is 35.9 Å². The molecule has 2 aromatic rings. The molecule has 2 heterocycles. The van der Waals surface area contributed by atoms with Gasteiger partial charge in [-0.05, 0) is 44.0 Å². The van der Waals surface area contributed by atoms with Crippen molar-refractivity contribution in [3.8, 4) is 11.4 Å². The minimum atomic E-state index is -0.364. The fourth-order valence-corrected chi connectivity index (χ4v) is 2.67. The molecule has 1 atom stereocenters. The molecule has 8 heteroatoms. The topological polar surface area (TPSA) is 98.5 Å². The quantitative estimate of drug-likeness (QED) is 0.778. The van der Waals surface area contributed by atoms with Gasteiger partial charge < -0.3 is 19.9 Å². The van der Waals surface area contributed by atoms with Crippen LogP contribution >= 0.6 is 0 Å². The number of aliphatic hydroxyl groups excluding tert-OH is 1. The number of aliphatic hydroxyl groups is 1. The zero-order valence-corrected chi connectivity index (χ0v) is 14.1. The lowest BCUT2D eigenvalue weighted by Crippen LogP contribution is -2.32. The minimum Gasteiger partial charge on any atom is -0.494 e. The third-order valence-electron chi connectivity index (χ3n) is 3.94. The summed E-state index contributed by atoms with van der Waals surface area (Å²) in [6, 6.07) is 7.19. The Hall–Kier alpha value is -2.45. The second-order valence-corrected chi connectivity index (χ2v) is 5.71. The molecule has 1 amide bonds. The van der Waals surface area contributed by atoms with Gasteiger partial charge in [0.05, 0.1) is 25.0 Å². The van der Waals surface area contributed by atoms with Crippen LogP contribution in [0.15, 0.2) is 24.3 Å². The smallest absolute Gasteiger partial charge is 0.273 e. The van der Waals surface area contributed by atoms with Gasteiger partial charge >= 0.3 is 0 Å². The van der Waals surface area contributed by atoms with Crippen molar-refractivity contribution in [3.05, 3.63) is 35.7 Å². The summed E-state index contributed by atoms with van der Waals surface area (Å²) in [5.41, 5.74) is 1.03. The van der Waals surface area contributed by atoms with Gasteiger partial charge in [-0.2, -0.15) is 4.80 Å². The van der Waals surface area contributed by atoms with Gasteiger partial charge in [0.25, 0.3) is 5.91 Å². The first-order valence-corrected chi connectivity index (χ1v) is 8.41. The number of carbonyl (C=O) groups excluding carboxylic acids is 1. The van der Waals surface area contributed by atoms with Gasteiger partial charge in [0, 0.05) is 13.2 Å². The number of ether oxygens (including phenoxy) is 2. The van der Waals surface area contributed by atoms with E-state index in [1.165, 1.54) is 4.80 Å². The molecule has 0 aliphatic carbocycles. The Bertz CT molecular complexity index is 708. The molecule has 8 nitrogen and oxygen atoms in total. The molecule has 0 radical (unpaired) electrons. The van der Waals surface area contributed by atoms with Crippen molar-refractivity contribution < 1.29 is 19.4 Å². The number of nitrogens with zero attached hydrogens (tertiary/aromatic N) is 3. The summed E-state index contributed by atoms with van der Waals surface area (Å²) in [7, 11) is 0. The summed E-state index contributed by atoms with van der Waals surface area (Å²) < 4.78 is 10.9. The lowest BCUT2D eigenvalue weighted by atomic mass is 10.2. The summed E-state index contributed by atoms with van der Waals surface area (Å²) in [4.78, 5) is 13.7. The molecule has 1 fully saturated rings. The van der Waals surface area contributed by atoms with Crippen LogP contribution in [-0.4, -0.2) is 51.9 Å². The lowest BCUT2D eigenvalue weighted by Gasteiger charge is -2.09. The molecule has 134 valence electrons. The number of nitrogens with one attached hydrogen (secondary N) is 1. The molecule has 0 bridgehead atoms. The van der Waals surface area contributed by atoms with E-state index in [0.29, 0.717) is 18.8 Å². The predicted octanol–water partition coefficient (Wildman–Crippen LogP) is 1.07. The number of amides is 1. The second kappa shape index (κ2) is 8.09. The summed E-state index contributed by atoms with van der Waals surface area (Å²) in [5.74, 6) is 0.382. The number of hydrogen-bond acceptors (Lipinski definition) is 6. The van der Waals surface area contributed by atoms with E-state index in [-0.39, 0.29) is 30.0 Å². The first kappa shape index (κ1) is 17.4. The SMILES string of the molecule is CCOc1ccc(-n2nc(CO)c(C(=O)NC[C@@H]3CCCO3)n2)cc1. The Balaban J connectivity index is 1.72. The summed E-state index contributed by atoms with van der Waals surface area (Å²) in [6.45, 7) is 3.30. The van der Waals surface area contributed by atoms with E-state index < -0.39 is 0 Å². The highest BCUT2D eigenvalue weighted by molar-refractivity contribution is 5.93. The number of aromatic nitrogens is 3. The van der Waals surface area contributed by atoms with Crippen molar-refractivity contribution in [2.75, 3.05) is 19.8 Å². The Labute approximate surface area is 145 Å². The average Bonchev–Trinajstić information content (AvgIpc) is 3.30. The van der Waals surface area contributed by atoms with Gasteiger partial charge in [-0.1, -0.05) is 0 Å². The van der Waals surface area contributed by atoms with Gasteiger partial charge in [0.15, 0.2) is 5.69 Å². The van der Waals surface area contributed by atoms with Crippen molar-refractivity contribution in [3.63, 3.8) is 0 Å². The highest BCUT2D eigenvalue weighted by Gasteiger charge is 2.21. The summed E-state index contributed by atoms with van der Waals surface area (Å²) >= 11 is 0. The van der Waals surface area contributed by atoms with Gasteiger partial charge in [-0.15, -0.1) is 10.2 Å². The van der Waals surface area contributed by atoms with E-state index in [1.54, 1.807) is 24.3 Å². The van der Waals surface area contributed by atoms with Crippen LogP contribution in [0.4, 0.5) is 0 Å². The highest BCUT2D eigenvalue weighted by atomic mass is 16.5. The zero-order valence-electron chi connectivity index (χ0n) is 14.1. The number of benzene rings is 1. The van der Waals surface area contributed by atoms with E-state index in [1.807, 2.05) is 6.92 Å². The van der Waals surface area contributed by atoms with Crippen LogP contribution in [0.2, 0.25) is 0 Å². The number of hydrogen-bond donors (Lipinski definition) is 2. The van der Waals surface area contributed by atoms with Crippen molar-refractivity contribution in [1.29, 1.82) is 0 Å². The van der Waals surface area contributed by atoms with Gasteiger partial charge in [0.1, 0.15) is 11.4 Å². The summed E-state index contributed by atoms with van der Waals surface area (Å²) in [5, 5.41) is 20.7. The molecular weight excluding hydrogens is 324 g/mol. The maximum Gasteiger partial charge on any atom is 0.273 e. The van der Waals surface area contributed by atoms with Crippen LogP contribution in [0, 0.1) is 0 Å². The maximum atomic E-state index is 12.4. The Morgan fingerprint density at radius 1 is 1.40 bits per heavy atom. The Morgan fingerprint density at radius 2 is 2.20 bits per heavy atom. The van der Waals surface area contributed by atoms with Gasteiger partial charge in [0.2, 0.25) is 0 Å². The fraction of sp³-hybridized carbons (Fsp3) is 0.471. The highest BCUT2D eigenvalue weighted by Crippen LogP contribution is 2.16. The first-order valence-electron chi connectivity index (χ1n) is 8.41. The third kappa shape index (κ3) is 4.15. The van der Waals surface area contributed by atoms with E-state index >= 15 is 0 Å². The van der Waals surface area contributed by atoms with Crippen molar-refractivity contribution >= 4 is 5.91 Å². The minimum absolute atomic E-state index is 0.0441. The van der Waals surface area contributed by atoms with E-state index in [0.717, 1.165) is 25.2 Å². The standard InChI is InChI=1S/C17H22N4O4/c1-2-24-13-7-5-12(6-8-13)21-19-15(11-22)16(20-21)17(23)18-10-14-4-3-9-25-14/h5-8,14,22H,2-4,9-11H2,1H3,(H,18,23)/t14-/m0/s1. The molecule has 1 aromatic carbocycles. The molecule has 0 unspecified atom stereocenters. The normalized spacial score (nSPS) is 16.8. The molecular formula is C17H22N4O4. The Kier molecular flexibility index (Phi) is 5.62. The van der Waals surface area contributed by atoms with E-state index in [2.05, 4.69) is 15.5 Å². The van der Waals surface area contributed by atoms with Crippen LogP contribution in [-0.2, 0) is 11.3 Å². The van der Waals surface area contributed by atoms with Crippen LogP contribution in [0.25, 0.3) is 5.69 Å². The first-order chi connectivity index (χ1) is 12.2. The molecule has 1 aromatic heterocycles. The van der Waals surface area contributed by atoms with Crippen LogP contribution < -0.4 is 10.1 Å².